The lowest BCUT2D eigenvalue weighted by Crippen LogP contribution is -2.01. The van der Waals surface area contributed by atoms with Gasteiger partial charge in [0.1, 0.15) is 0 Å². The molecular formula is C57H37N5. The van der Waals surface area contributed by atoms with Crippen molar-refractivity contribution in [1.82, 2.24) is 24.1 Å². The summed E-state index contributed by atoms with van der Waals surface area (Å²) in [4.78, 5) is 15.7. The number of para-hydroxylation sites is 2. The lowest BCUT2D eigenvalue weighted by molar-refractivity contribution is 1.07. The highest BCUT2D eigenvalue weighted by molar-refractivity contribution is 6.25. The molecule has 0 N–H and O–H groups in total. The van der Waals surface area contributed by atoms with Crippen LogP contribution in [0.3, 0.4) is 0 Å². The largest absolute Gasteiger partial charge is 0.317 e. The molecule has 0 aliphatic heterocycles. The van der Waals surface area contributed by atoms with Crippen LogP contribution in [0.1, 0.15) is 0 Å². The molecule has 0 saturated carbocycles. The van der Waals surface area contributed by atoms with Crippen molar-refractivity contribution in [3.63, 3.8) is 0 Å². The zero-order valence-electron chi connectivity index (χ0n) is 33.6. The van der Waals surface area contributed by atoms with Gasteiger partial charge in [-0.15, -0.1) is 0 Å². The summed E-state index contributed by atoms with van der Waals surface area (Å²) in [5.41, 5.74) is 12.9. The first-order valence-electron chi connectivity index (χ1n) is 20.9. The average Bonchev–Trinajstić information content (AvgIpc) is 3.95. The topological polar surface area (TPSA) is 48.5 Å². The van der Waals surface area contributed by atoms with Crippen LogP contribution in [0.5, 0.6) is 0 Å². The monoisotopic (exact) mass is 791 g/mol. The number of hydrogen-bond acceptors (Lipinski definition) is 3. The van der Waals surface area contributed by atoms with E-state index in [-0.39, 0.29) is 0 Å². The van der Waals surface area contributed by atoms with Crippen LogP contribution >= 0.6 is 0 Å². The molecule has 0 atom stereocenters. The standard InChI is InChI=1S/C57H37N5/c1-4-15-38(16-5-1)41-19-12-21-43(35-41)55-58-56(44-22-13-20-42(36-44)39-17-6-2-7-18-39)60-57(59-55)45-23-14-26-47(37-45)62-52-28-11-10-27-48(52)49-31-29-40-30-32-51-50(53(40)54(49)62)33-34-61(51)46-24-8-3-9-25-46/h1-37H. The van der Waals surface area contributed by atoms with Gasteiger partial charge in [0.25, 0.3) is 0 Å². The van der Waals surface area contributed by atoms with Gasteiger partial charge in [0, 0.05) is 55.8 Å². The molecule has 0 bridgehead atoms. The molecule has 290 valence electrons. The van der Waals surface area contributed by atoms with E-state index in [1.165, 1.54) is 38.0 Å². The summed E-state index contributed by atoms with van der Waals surface area (Å²) in [6.45, 7) is 0. The first kappa shape index (κ1) is 35.5. The van der Waals surface area contributed by atoms with Gasteiger partial charge in [-0.1, -0.05) is 164 Å². The van der Waals surface area contributed by atoms with Crippen LogP contribution < -0.4 is 0 Å². The fraction of sp³-hybridized carbons (Fsp3) is 0. The molecule has 3 heterocycles. The maximum Gasteiger partial charge on any atom is 0.164 e. The maximum absolute atomic E-state index is 5.25. The minimum atomic E-state index is 0.607. The summed E-state index contributed by atoms with van der Waals surface area (Å²) in [5.74, 6) is 1.84. The van der Waals surface area contributed by atoms with E-state index >= 15 is 0 Å². The van der Waals surface area contributed by atoms with Crippen LogP contribution in [-0.2, 0) is 0 Å². The molecule has 0 amide bonds. The van der Waals surface area contributed by atoms with E-state index in [1.54, 1.807) is 0 Å². The zero-order chi connectivity index (χ0) is 41.0. The third-order valence-corrected chi connectivity index (χ3v) is 12.0. The third-order valence-electron chi connectivity index (χ3n) is 12.0. The maximum atomic E-state index is 5.25. The predicted molar refractivity (Wildman–Crippen MR) is 256 cm³/mol. The second-order valence-corrected chi connectivity index (χ2v) is 15.7. The fourth-order valence-corrected chi connectivity index (χ4v) is 9.06. The van der Waals surface area contributed by atoms with Gasteiger partial charge in [-0.25, -0.2) is 15.0 Å². The summed E-state index contributed by atoms with van der Waals surface area (Å²) in [6.07, 6.45) is 2.19. The zero-order valence-corrected chi connectivity index (χ0v) is 33.6. The van der Waals surface area contributed by atoms with Crippen LogP contribution in [-0.4, -0.2) is 24.1 Å². The van der Waals surface area contributed by atoms with E-state index in [4.69, 9.17) is 15.0 Å². The smallest absolute Gasteiger partial charge is 0.164 e. The Bertz CT molecular complexity index is 3520. The Morgan fingerprint density at radius 1 is 0.306 bits per heavy atom. The van der Waals surface area contributed by atoms with Gasteiger partial charge in [-0.3, -0.25) is 0 Å². The van der Waals surface area contributed by atoms with Crippen LogP contribution in [0.2, 0.25) is 0 Å². The van der Waals surface area contributed by atoms with E-state index in [9.17, 15) is 0 Å². The molecule has 0 aliphatic rings. The van der Waals surface area contributed by atoms with E-state index in [1.807, 2.05) is 12.1 Å². The fourth-order valence-electron chi connectivity index (χ4n) is 9.06. The molecule has 0 aliphatic carbocycles. The minimum absolute atomic E-state index is 0.607. The van der Waals surface area contributed by atoms with Crippen LogP contribution in [0, 0.1) is 0 Å². The Hall–Kier alpha value is -8.41. The number of aromatic nitrogens is 5. The minimum Gasteiger partial charge on any atom is -0.317 e. The summed E-state index contributed by atoms with van der Waals surface area (Å²) in [5, 5.41) is 6.03. The number of fused-ring (bicyclic) bond motifs is 7. The van der Waals surface area contributed by atoms with E-state index in [0.717, 1.165) is 55.8 Å². The van der Waals surface area contributed by atoms with Gasteiger partial charge < -0.3 is 9.13 Å². The lowest BCUT2D eigenvalue weighted by atomic mass is 10.0. The average molecular weight is 792 g/mol. The van der Waals surface area contributed by atoms with E-state index < -0.39 is 0 Å². The normalized spacial score (nSPS) is 11.5. The van der Waals surface area contributed by atoms with Crippen molar-refractivity contribution in [2.75, 3.05) is 0 Å². The Morgan fingerprint density at radius 3 is 1.45 bits per heavy atom. The van der Waals surface area contributed by atoms with Crippen molar-refractivity contribution >= 4 is 43.5 Å². The van der Waals surface area contributed by atoms with Crippen molar-refractivity contribution in [2.24, 2.45) is 0 Å². The van der Waals surface area contributed by atoms with Crippen molar-refractivity contribution < 1.29 is 0 Å². The molecule has 0 saturated heterocycles. The first-order chi connectivity index (χ1) is 30.7. The SMILES string of the molecule is c1ccc(-c2cccc(-c3nc(-c4cccc(-c5ccccc5)c4)nc(-c4cccc(-n5c6ccccc6c6ccc7ccc8c(ccn8-c8ccccc8)c7c65)c4)n3)c2)cc1. The molecule has 5 heteroatoms. The molecule has 3 aromatic heterocycles. The van der Waals surface area contributed by atoms with Gasteiger partial charge >= 0.3 is 0 Å². The molecule has 62 heavy (non-hydrogen) atoms. The highest BCUT2D eigenvalue weighted by Gasteiger charge is 2.20. The number of hydrogen-bond donors (Lipinski definition) is 0. The van der Waals surface area contributed by atoms with Crippen molar-refractivity contribution in [3.05, 3.63) is 225 Å². The highest BCUT2D eigenvalue weighted by atomic mass is 15.0. The Labute approximate surface area is 358 Å². The van der Waals surface area contributed by atoms with Crippen LogP contribution in [0.25, 0.3) is 111 Å². The number of rotatable bonds is 7. The summed E-state index contributed by atoms with van der Waals surface area (Å²) in [7, 11) is 0. The molecule has 0 spiro atoms. The van der Waals surface area contributed by atoms with E-state index in [0.29, 0.717) is 17.5 Å². The van der Waals surface area contributed by atoms with Crippen LogP contribution in [0.15, 0.2) is 225 Å². The second-order valence-electron chi connectivity index (χ2n) is 15.7. The van der Waals surface area contributed by atoms with E-state index in [2.05, 4.69) is 222 Å². The van der Waals surface area contributed by atoms with Crippen molar-refractivity contribution in [3.8, 4) is 67.8 Å². The summed E-state index contributed by atoms with van der Waals surface area (Å²) >= 11 is 0. The molecule has 12 aromatic rings. The molecule has 0 fully saturated rings. The molecule has 0 unspecified atom stereocenters. The van der Waals surface area contributed by atoms with Crippen molar-refractivity contribution in [2.45, 2.75) is 0 Å². The predicted octanol–water partition coefficient (Wildman–Crippen LogP) is 14.4. The van der Waals surface area contributed by atoms with Crippen molar-refractivity contribution in [1.29, 1.82) is 0 Å². The van der Waals surface area contributed by atoms with Gasteiger partial charge in [0.15, 0.2) is 17.5 Å². The molecule has 12 rings (SSSR count). The van der Waals surface area contributed by atoms with Gasteiger partial charge in [-0.05, 0) is 82.2 Å². The Morgan fingerprint density at radius 2 is 0.806 bits per heavy atom. The van der Waals surface area contributed by atoms with Gasteiger partial charge in [-0.2, -0.15) is 0 Å². The summed E-state index contributed by atoms with van der Waals surface area (Å²) < 4.78 is 4.70. The molecule has 0 radical (unpaired) electrons. The Kier molecular flexibility index (Phi) is 8.42. The first-order valence-corrected chi connectivity index (χ1v) is 20.9. The number of benzene rings is 9. The Balaban J connectivity index is 1.07. The highest BCUT2D eigenvalue weighted by Crippen LogP contribution is 2.41. The third kappa shape index (κ3) is 6.06. The molecule has 9 aromatic carbocycles. The quantitative estimate of drug-likeness (QED) is 0.162. The summed E-state index contributed by atoms with van der Waals surface area (Å²) in [6, 6.07) is 77.0. The second kappa shape index (κ2) is 14.7. The lowest BCUT2D eigenvalue weighted by Gasteiger charge is -2.14. The number of nitrogens with zero attached hydrogens (tertiary/aromatic N) is 5. The van der Waals surface area contributed by atoms with Gasteiger partial charge in [0.2, 0.25) is 0 Å². The molecule has 5 nitrogen and oxygen atoms in total. The van der Waals surface area contributed by atoms with Crippen LogP contribution in [0.4, 0.5) is 0 Å². The van der Waals surface area contributed by atoms with Gasteiger partial charge in [0.05, 0.1) is 16.6 Å². The molecular weight excluding hydrogens is 755 g/mol.